The molecule has 2 fully saturated rings. The molecule has 2 aromatic rings. The van der Waals surface area contributed by atoms with E-state index in [4.69, 9.17) is 24.7 Å². The largest absolute Gasteiger partial charge is 0.396 e. The molecular formula is C18H24N6O6. The predicted octanol–water partition coefficient (Wildman–Crippen LogP) is 1.22. The molecule has 4 heterocycles. The van der Waals surface area contributed by atoms with Gasteiger partial charge in [0.1, 0.15) is 5.82 Å². The second kappa shape index (κ2) is 11.2. The minimum absolute atomic E-state index is 0.0551. The Bertz CT molecular complexity index is 813. The van der Waals surface area contributed by atoms with Crippen LogP contribution in [0.2, 0.25) is 0 Å². The molecule has 2 saturated heterocycles. The number of anilines is 3. The average molecular weight is 420 g/mol. The van der Waals surface area contributed by atoms with Crippen molar-refractivity contribution in [3.8, 4) is 0 Å². The highest BCUT2D eigenvalue weighted by atomic mass is 16.7. The van der Waals surface area contributed by atoms with Crippen molar-refractivity contribution in [3.05, 3.63) is 46.8 Å². The lowest BCUT2D eigenvalue weighted by Gasteiger charge is -2.11. The summed E-state index contributed by atoms with van der Waals surface area (Å²) in [7, 11) is 0. The SMILES string of the molecule is Nc1cccnc1NCC1OCCO1.O=[N+]([O-])c1cccnc1NCC1OCCO1. The average Bonchev–Trinajstić information content (AvgIpc) is 3.46. The van der Waals surface area contributed by atoms with Crippen molar-refractivity contribution in [3.63, 3.8) is 0 Å². The van der Waals surface area contributed by atoms with Crippen LogP contribution in [0.1, 0.15) is 0 Å². The second-order valence-corrected chi connectivity index (χ2v) is 6.17. The third-order valence-corrected chi connectivity index (χ3v) is 4.08. The van der Waals surface area contributed by atoms with E-state index in [0.717, 1.165) is 0 Å². The number of nitrogens with two attached hydrogens (primary N) is 1. The number of pyridine rings is 2. The highest BCUT2D eigenvalue weighted by molar-refractivity contribution is 5.60. The van der Waals surface area contributed by atoms with Crippen LogP contribution in [-0.2, 0) is 18.9 Å². The smallest absolute Gasteiger partial charge is 0.311 e. The molecule has 0 aromatic carbocycles. The van der Waals surface area contributed by atoms with Crippen molar-refractivity contribution in [2.24, 2.45) is 0 Å². The molecule has 162 valence electrons. The van der Waals surface area contributed by atoms with Crippen molar-refractivity contribution in [2.45, 2.75) is 12.6 Å². The number of nitrogen functional groups attached to an aromatic ring is 1. The lowest BCUT2D eigenvalue weighted by Crippen LogP contribution is -2.21. The highest BCUT2D eigenvalue weighted by Gasteiger charge is 2.19. The summed E-state index contributed by atoms with van der Waals surface area (Å²) in [6.07, 6.45) is 2.64. The molecule has 2 aliphatic rings. The third kappa shape index (κ3) is 6.49. The summed E-state index contributed by atoms with van der Waals surface area (Å²) in [5, 5.41) is 16.6. The van der Waals surface area contributed by atoms with Gasteiger partial charge in [-0.3, -0.25) is 10.1 Å². The van der Waals surface area contributed by atoms with E-state index in [1.165, 1.54) is 18.3 Å². The van der Waals surface area contributed by atoms with Gasteiger partial charge < -0.3 is 35.3 Å². The molecule has 0 aliphatic carbocycles. The van der Waals surface area contributed by atoms with E-state index in [0.29, 0.717) is 51.0 Å². The zero-order valence-electron chi connectivity index (χ0n) is 16.2. The minimum atomic E-state index is -0.480. The Labute approximate surface area is 172 Å². The van der Waals surface area contributed by atoms with Gasteiger partial charge in [-0.1, -0.05) is 0 Å². The maximum atomic E-state index is 10.7. The van der Waals surface area contributed by atoms with E-state index in [1.54, 1.807) is 18.3 Å². The number of nitrogens with zero attached hydrogens (tertiary/aromatic N) is 3. The minimum Gasteiger partial charge on any atom is -0.396 e. The quantitative estimate of drug-likeness (QED) is 0.437. The standard InChI is InChI=1S/C9H11N3O4.C9H13N3O2/c13-12(14)7-2-1-3-10-9(7)11-6-8-15-4-5-16-8;10-7-2-1-3-11-9(7)12-6-8-13-4-5-14-8/h1-3,8H,4-6H2,(H,10,11);1-3,8H,4-6,10H2,(H,11,12). The maximum absolute atomic E-state index is 10.7. The maximum Gasteiger partial charge on any atom is 0.311 e. The van der Waals surface area contributed by atoms with Crippen LogP contribution in [-0.4, -0.2) is 67.0 Å². The van der Waals surface area contributed by atoms with Crippen LogP contribution in [0.15, 0.2) is 36.7 Å². The van der Waals surface area contributed by atoms with Gasteiger partial charge >= 0.3 is 5.69 Å². The lowest BCUT2D eigenvalue weighted by molar-refractivity contribution is -0.384. The monoisotopic (exact) mass is 420 g/mol. The first-order chi connectivity index (χ1) is 14.6. The number of aromatic nitrogens is 2. The Kier molecular flexibility index (Phi) is 8.09. The first kappa shape index (κ1) is 21.6. The van der Waals surface area contributed by atoms with Crippen molar-refractivity contribution in [1.82, 2.24) is 9.97 Å². The molecule has 0 saturated carbocycles. The van der Waals surface area contributed by atoms with Crippen molar-refractivity contribution >= 4 is 23.0 Å². The summed E-state index contributed by atoms with van der Waals surface area (Å²) in [5.74, 6) is 0.901. The number of nitrogens with one attached hydrogen (secondary N) is 2. The zero-order chi connectivity index (χ0) is 21.2. The summed E-state index contributed by atoms with van der Waals surface area (Å²) >= 11 is 0. The molecule has 30 heavy (non-hydrogen) atoms. The summed E-state index contributed by atoms with van der Waals surface area (Å²) < 4.78 is 20.9. The van der Waals surface area contributed by atoms with Crippen LogP contribution in [0.25, 0.3) is 0 Å². The van der Waals surface area contributed by atoms with Crippen LogP contribution < -0.4 is 16.4 Å². The third-order valence-electron chi connectivity index (χ3n) is 4.08. The molecule has 0 unspecified atom stereocenters. The van der Waals surface area contributed by atoms with E-state index >= 15 is 0 Å². The summed E-state index contributed by atoms with van der Waals surface area (Å²) in [4.78, 5) is 18.2. The Morgan fingerprint density at radius 3 is 1.97 bits per heavy atom. The van der Waals surface area contributed by atoms with Crippen LogP contribution in [0.5, 0.6) is 0 Å². The Morgan fingerprint density at radius 2 is 1.43 bits per heavy atom. The number of nitro groups is 1. The van der Waals surface area contributed by atoms with Gasteiger partial charge in [0, 0.05) is 18.5 Å². The van der Waals surface area contributed by atoms with Gasteiger partial charge in [0.15, 0.2) is 12.6 Å². The van der Waals surface area contributed by atoms with Gasteiger partial charge in [0.2, 0.25) is 5.82 Å². The van der Waals surface area contributed by atoms with Crippen molar-refractivity contribution in [2.75, 3.05) is 55.9 Å². The Balaban J connectivity index is 0.000000172. The molecule has 2 aliphatic heterocycles. The molecule has 0 atom stereocenters. The molecule has 0 bridgehead atoms. The first-order valence-corrected chi connectivity index (χ1v) is 9.37. The number of rotatable bonds is 7. The van der Waals surface area contributed by atoms with Crippen LogP contribution in [0.4, 0.5) is 23.0 Å². The molecule has 4 N–H and O–H groups in total. The fourth-order valence-corrected chi connectivity index (χ4v) is 2.66. The van der Waals surface area contributed by atoms with Crippen LogP contribution in [0.3, 0.4) is 0 Å². The normalized spacial score (nSPS) is 16.7. The van der Waals surface area contributed by atoms with Crippen LogP contribution >= 0.6 is 0 Å². The Morgan fingerprint density at radius 1 is 0.933 bits per heavy atom. The molecule has 12 heteroatoms. The Hall–Kier alpha value is -3.06. The topological polar surface area (TPSA) is 156 Å². The van der Waals surface area contributed by atoms with E-state index in [1.807, 2.05) is 0 Å². The first-order valence-electron chi connectivity index (χ1n) is 9.37. The molecule has 0 spiro atoms. The fraction of sp³-hybridized carbons (Fsp3) is 0.444. The van der Waals surface area contributed by atoms with Gasteiger partial charge in [0.25, 0.3) is 0 Å². The molecule has 4 rings (SSSR count). The highest BCUT2D eigenvalue weighted by Crippen LogP contribution is 2.20. The summed E-state index contributed by atoms with van der Waals surface area (Å²) in [6.45, 7) is 3.33. The predicted molar refractivity (Wildman–Crippen MR) is 108 cm³/mol. The van der Waals surface area contributed by atoms with E-state index in [2.05, 4.69) is 20.6 Å². The molecule has 2 aromatic heterocycles. The molecule has 12 nitrogen and oxygen atoms in total. The van der Waals surface area contributed by atoms with Gasteiger partial charge in [0.05, 0.1) is 50.1 Å². The number of hydrogen-bond acceptors (Lipinski definition) is 11. The number of ether oxygens (including phenoxy) is 4. The second-order valence-electron chi connectivity index (χ2n) is 6.17. The van der Waals surface area contributed by atoms with Gasteiger partial charge in [-0.2, -0.15) is 0 Å². The van der Waals surface area contributed by atoms with Gasteiger partial charge in [-0.05, 0) is 18.2 Å². The van der Waals surface area contributed by atoms with Crippen LogP contribution in [0, 0.1) is 10.1 Å². The molecular weight excluding hydrogens is 396 g/mol. The van der Waals surface area contributed by atoms with Gasteiger partial charge in [-0.25, -0.2) is 9.97 Å². The van der Waals surface area contributed by atoms with E-state index in [9.17, 15) is 10.1 Å². The van der Waals surface area contributed by atoms with Crippen molar-refractivity contribution < 1.29 is 23.9 Å². The molecule has 0 radical (unpaired) electrons. The van der Waals surface area contributed by atoms with Crippen molar-refractivity contribution in [1.29, 1.82) is 0 Å². The summed E-state index contributed by atoms with van der Waals surface area (Å²) in [6, 6.07) is 6.51. The van der Waals surface area contributed by atoms with Gasteiger partial charge in [-0.15, -0.1) is 0 Å². The number of hydrogen-bond donors (Lipinski definition) is 3. The lowest BCUT2D eigenvalue weighted by atomic mass is 10.4. The zero-order valence-corrected chi connectivity index (χ0v) is 16.2. The molecule has 0 amide bonds. The van der Waals surface area contributed by atoms with E-state index in [-0.39, 0.29) is 24.1 Å². The fourth-order valence-electron chi connectivity index (χ4n) is 2.66. The van der Waals surface area contributed by atoms with E-state index < -0.39 is 4.92 Å². The summed E-state index contributed by atoms with van der Waals surface area (Å²) in [5.41, 5.74) is 6.27.